The first-order valence-corrected chi connectivity index (χ1v) is 9.48. The van der Waals surface area contributed by atoms with E-state index in [2.05, 4.69) is 25.2 Å². The maximum absolute atomic E-state index is 10.8. The lowest BCUT2D eigenvalue weighted by atomic mass is 10.1. The van der Waals surface area contributed by atoms with Crippen molar-refractivity contribution in [2.45, 2.75) is 65.2 Å². The van der Waals surface area contributed by atoms with Gasteiger partial charge in [-0.1, -0.05) is 112 Å². The lowest BCUT2D eigenvalue weighted by molar-refractivity contribution is -0.114. The van der Waals surface area contributed by atoms with Gasteiger partial charge in [-0.3, -0.25) is 4.79 Å². The molecule has 0 rings (SSSR count). The SMILES string of the molecule is CCCCCCCCCC=CC=CC=CC=CC=CC=C(C)C(N)=O. The van der Waals surface area contributed by atoms with Gasteiger partial charge in [-0.05, 0) is 19.8 Å². The summed E-state index contributed by atoms with van der Waals surface area (Å²) in [5.41, 5.74) is 5.68. The van der Waals surface area contributed by atoms with E-state index >= 15 is 0 Å². The molecule has 138 valence electrons. The number of primary amides is 1. The van der Waals surface area contributed by atoms with E-state index in [9.17, 15) is 4.79 Å². The summed E-state index contributed by atoms with van der Waals surface area (Å²) in [6.07, 6.45) is 32.3. The molecule has 0 heterocycles. The third-order valence-corrected chi connectivity index (χ3v) is 3.73. The van der Waals surface area contributed by atoms with Gasteiger partial charge in [0.15, 0.2) is 0 Å². The van der Waals surface area contributed by atoms with Crippen molar-refractivity contribution < 1.29 is 4.79 Å². The summed E-state index contributed by atoms with van der Waals surface area (Å²) in [4.78, 5) is 10.8. The Balaban J connectivity index is 3.68. The maximum atomic E-state index is 10.8. The van der Waals surface area contributed by atoms with E-state index in [4.69, 9.17) is 5.73 Å². The number of allylic oxidation sites excluding steroid dienone is 11. The zero-order valence-electron chi connectivity index (χ0n) is 16.0. The molecule has 2 heteroatoms. The van der Waals surface area contributed by atoms with E-state index in [0.29, 0.717) is 5.57 Å². The fraction of sp³-hybridized carbons (Fsp3) is 0.435. The van der Waals surface area contributed by atoms with Crippen LogP contribution in [0.5, 0.6) is 0 Å². The molecule has 0 fully saturated rings. The quantitative estimate of drug-likeness (QED) is 0.223. The highest BCUT2D eigenvalue weighted by atomic mass is 16.1. The second-order valence-corrected chi connectivity index (χ2v) is 6.09. The van der Waals surface area contributed by atoms with Crippen LogP contribution >= 0.6 is 0 Å². The van der Waals surface area contributed by atoms with Gasteiger partial charge in [0.05, 0.1) is 0 Å². The Morgan fingerprint density at radius 1 is 0.720 bits per heavy atom. The third kappa shape index (κ3) is 18.1. The Bertz CT molecular complexity index is 504. The van der Waals surface area contributed by atoms with Crippen LogP contribution in [0.2, 0.25) is 0 Å². The van der Waals surface area contributed by atoms with E-state index in [-0.39, 0.29) is 0 Å². The van der Waals surface area contributed by atoms with Crippen LogP contribution in [0.15, 0.2) is 72.4 Å². The molecule has 0 saturated heterocycles. The summed E-state index contributed by atoms with van der Waals surface area (Å²) >= 11 is 0. The molecule has 0 atom stereocenters. The van der Waals surface area contributed by atoms with Crippen LogP contribution in [0.3, 0.4) is 0 Å². The maximum Gasteiger partial charge on any atom is 0.244 e. The summed E-state index contributed by atoms with van der Waals surface area (Å²) in [6, 6.07) is 0. The van der Waals surface area contributed by atoms with Gasteiger partial charge in [0, 0.05) is 5.57 Å². The first-order chi connectivity index (χ1) is 12.2. The van der Waals surface area contributed by atoms with E-state index in [1.54, 1.807) is 19.1 Å². The van der Waals surface area contributed by atoms with E-state index < -0.39 is 5.91 Å². The van der Waals surface area contributed by atoms with Gasteiger partial charge in [-0.2, -0.15) is 0 Å². The Kier molecular flexibility index (Phi) is 16.7. The van der Waals surface area contributed by atoms with Crippen molar-refractivity contribution in [1.29, 1.82) is 0 Å². The largest absolute Gasteiger partial charge is 0.366 e. The van der Waals surface area contributed by atoms with Crippen molar-refractivity contribution in [2.75, 3.05) is 0 Å². The molecular weight excluding hydrogens is 306 g/mol. The molecule has 0 unspecified atom stereocenters. The van der Waals surface area contributed by atoms with Gasteiger partial charge >= 0.3 is 0 Å². The second-order valence-electron chi connectivity index (χ2n) is 6.09. The van der Waals surface area contributed by atoms with Crippen molar-refractivity contribution >= 4 is 5.91 Å². The molecule has 0 bridgehead atoms. The molecule has 0 spiro atoms. The van der Waals surface area contributed by atoms with Crippen molar-refractivity contribution in [1.82, 2.24) is 0 Å². The van der Waals surface area contributed by atoms with Gasteiger partial charge in [0.1, 0.15) is 0 Å². The summed E-state index contributed by atoms with van der Waals surface area (Å²) in [7, 11) is 0. The van der Waals surface area contributed by atoms with E-state index in [1.165, 1.54) is 51.4 Å². The monoisotopic (exact) mass is 341 g/mol. The van der Waals surface area contributed by atoms with Crippen molar-refractivity contribution in [3.05, 3.63) is 72.4 Å². The predicted octanol–water partition coefficient (Wildman–Crippen LogP) is 6.34. The Labute approximate surface area is 154 Å². The van der Waals surface area contributed by atoms with E-state index in [0.717, 1.165) is 0 Å². The molecular formula is C23H35NO. The minimum Gasteiger partial charge on any atom is -0.366 e. The molecule has 2 N–H and O–H groups in total. The minimum absolute atomic E-state index is 0.390. The smallest absolute Gasteiger partial charge is 0.244 e. The van der Waals surface area contributed by atoms with Gasteiger partial charge in [-0.15, -0.1) is 0 Å². The molecule has 0 aliphatic carbocycles. The molecule has 1 amide bonds. The molecule has 0 aromatic rings. The molecule has 0 aliphatic heterocycles. The van der Waals surface area contributed by atoms with Crippen LogP contribution in [-0.2, 0) is 4.79 Å². The number of hydrogen-bond donors (Lipinski definition) is 1. The van der Waals surface area contributed by atoms with Gasteiger partial charge < -0.3 is 5.73 Å². The molecule has 0 radical (unpaired) electrons. The lowest BCUT2D eigenvalue weighted by Crippen LogP contribution is -2.11. The highest BCUT2D eigenvalue weighted by molar-refractivity contribution is 5.91. The van der Waals surface area contributed by atoms with Gasteiger partial charge in [0.25, 0.3) is 0 Å². The van der Waals surface area contributed by atoms with Crippen LogP contribution in [0.1, 0.15) is 65.2 Å². The molecule has 0 aromatic carbocycles. The molecule has 0 saturated carbocycles. The topological polar surface area (TPSA) is 43.1 Å². The first-order valence-electron chi connectivity index (χ1n) is 9.48. The highest BCUT2D eigenvalue weighted by Gasteiger charge is 1.91. The number of carbonyl (C=O) groups is 1. The fourth-order valence-corrected chi connectivity index (χ4v) is 2.13. The third-order valence-electron chi connectivity index (χ3n) is 3.73. The summed E-state index contributed by atoms with van der Waals surface area (Å²) in [5, 5.41) is 0. The van der Waals surface area contributed by atoms with Gasteiger partial charge in [0.2, 0.25) is 5.91 Å². The molecule has 25 heavy (non-hydrogen) atoms. The Hall–Kier alpha value is -2.09. The number of amides is 1. The standard InChI is InChI=1S/C23H35NO/c1-3-4-5-6-7-8-9-10-11-12-13-14-15-16-17-18-19-20-21-22(2)23(24)25/h11-21H,3-10H2,1-2H3,(H2,24,25). The molecule has 0 aliphatic rings. The average molecular weight is 342 g/mol. The average Bonchev–Trinajstić information content (AvgIpc) is 2.60. The first kappa shape index (κ1) is 22.9. The summed E-state index contributed by atoms with van der Waals surface area (Å²) in [5.74, 6) is -0.390. The number of hydrogen-bond acceptors (Lipinski definition) is 1. The zero-order valence-corrected chi connectivity index (χ0v) is 16.0. The molecule has 2 nitrogen and oxygen atoms in total. The van der Waals surface area contributed by atoms with Crippen molar-refractivity contribution in [2.24, 2.45) is 5.73 Å². The van der Waals surface area contributed by atoms with Crippen molar-refractivity contribution in [3.8, 4) is 0 Å². The molecule has 0 aromatic heterocycles. The Morgan fingerprint density at radius 2 is 1.20 bits per heavy atom. The summed E-state index contributed by atoms with van der Waals surface area (Å²) < 4.78 is 0. The van der Waals surface area contributed by atoms with E-state index in [1.807, 2.05) is 36.5 Å². The predicted molar refractivity (Wildman–Crippen MR) is 111 cm³/mol. The normalized spacial score (nSPS) is 13.4. The lowest BCUT2D eigenvalue weighted by Gasteiger charge is -1.98. The minimum atomic E-state index is -0.390. The number of nitrogens with two attached hydrogens (primary N) is 1. The fourth-order valence-electron chi connectivity index (χ4n) is 2.13. The van der Waals surface area contributed by atoms with Gasteiger partial charge in [-0.25, -0.2) is 0 Å². The second kappa shape index (κ2) is 18.3. The van der Waals surface area contributed by atoms with Crippen LogP contribution < -0.4 is 5.73 Å². The highest BCUT2D eigenvalue weighted by Crippen LogP contribution is 2.08. The number of unbranched alkanes of at least 4 members (excludes halogenated alkanes) is 7. The van der Waals surface area contributed by atoms with Crippen LogP contribution in [0, 0.1) is 0 Å². The zero-order chi connectivity index (χ0) is 18.6. The summed E-state index contributed by atoms with van der Waals surface area (Å²) in [6.45, 7) is 3.95. The number of carbonyl (C=O) groups excluding carboxylic acids is 1. The Morgan fingerprint density at radius 3 is 1.76 bits per heavy atom. The number of rotatable bonds is 14. The van der Waals surface area contributed by atoms with Crippen LogP contribution in [0.4, 0.5) is 0 Å². The van der Waals surface area contributed by atoms with Crippen LogP contribution in [0.25, 0.3) is 0 Å². The van der Waals surface area contributed by atoms with Crippen LogP contribution in [-0.4, -0.2) is 5.91 Å². The van der Waals surface area contributed by atoms with Crippen molar-refractivity contribution in [3.63, 3.8) is 0 Å².